The molecule has 0 radical (unpaired) electrons. The van der Waals surface area contributed by atoms with Crippen molar-refractivity contribution in [1.82, 2.24) is 14.9 Å². The van der Waals surface area contributed by atoms with Crippen molar-refractivity contribution in [1.29, 1.82) is 0 Å². The monoisotopic (exact) mass is 360 g/mol. The topological polar surface area (TPSA) is 67.3 Å². The van der Waals surface area contributed by atoms with Crippen LogP contribution < -0.4 is 5.32 Å². The minimum absolute atomic E-state index is 0.00948. The summed E-state index contributed by atoms with van der Waals surface area (Å²) in [6, 6.07) is 3.99. The zero-order valence-corrected chi connectivity index (χ0v) is 15.9. The summed E-state index contributed by atoms with van der Waals surface area (Å²) in [6.07, 6.45) is 3.66. The highest BCUT2D eigenvalue weighted by molar-refractivity contribution is 7.13. The van der Waals surface area contributed by atoms with Crippen molar-refractivity contribution in [2.75, 3.05) is 19.0 Å². The number of carbonyl (C=O) groups is 1. The number of rotatable bonds is 5. The normalized spacial score (nSPS) is 17.8. The van der Waals surface area contributed by atoms with Gasteiger partial charge in [-0.15, -0.1) is 11.3 Å². The van der Waals surface area contributed by atoms with Gasteiger partial charge in [0, 0.05) is 36.6 Å². The van der Waals surface area contributed by atoms with Gasteiger partial charge in [0.15, 0.2) is 5.13 Å². The summed E-state index contributed by atoms with van der Waals surface area (Å²) in [4.78, 5) is 23.7. The second kappa shape index (κ2) is 7.09. The highest BCUT2D eigenvalue weighted by Gasteiger charge is 2.39. The molecule has 1 saturated heterocycles. The number of hydrogen-bond acceptors (Lipinski definition) is 6. The van der Waals surface area contributed by atoms with Crippen molar-refractivity contribution in [3.8, 4) is 0 Å². The molecular formula is C18H24N4O2S. The maximum Gasteiger partial charge on any atom is 0.254 e. The van der Waals surface area contributed by atoms with Crippen LogP contribution in [-0.4, -0.2) is 40.0 Å². The third-order valence-electron chi connectivity index (χ3n) is 4.54. The van der Waals surface area contributed by atoms with E-state index in [4.69, 9.17) is 9.72 Å². The fraction of sp³-hybridized carbons (Fsp3) is 0.500. The van der Waals surface area contributed by atoms with Crippen LogP contribution in [0.2, 0.25) is 0 Å². The van der Waals surface area contributed by atoms with Crippen molar-refractivity contribution >= 4 is 28.1 Å². The van der Waals surface area contributed by atoms with Gasteiger partial charge >= 0.3 is 0 Å². The molecule has 1 atom stereocenters. The Morgan fingerprint density at radius 2 is 2.24 bits per heavy atom. The number of likely N-dealkylation sites (tertiary alicyclic amines) is 1. The molecule has 0 bridgehead atoms. The first-order chi connectivity index (χ1) is 11.9. The fourth-order valence-electron chi connectivity index (χ4n) is 3.10. The van der Waals surface area contributed by atoms with Gasteiger partial charge in [-0.1, -0.05) is 0 Å². The van der Waals surface area contributed by atoms with Crippen LogP contribution in [-0.2, 0) is 9.53 Å². The molecule has 0 saturated carbocycles. The number of hydrogen-bond donors (Lipinski definition) is 1. The minimum Gasteiger partial charge on any atom is -0.369 e. The number of methoxy groups -OCH3 is 1. The number of thiazole rings is 1. The lowest BCUT2D eigenvalue weighted by Gasteiger charge is -2.32. The summed E-state index contributed by atoms with van der Waals surface area (Å²) in [5, 5.41) is 6.09. The molecule has 0 aliphatic carbocycles. The van der Waals surface area contributed by atoms with Gasteiger partial charge in [0.05, 0.1) is 11.7 Å². The van der Waals surface area contributed by atoms with Gasteiger partial charge in [0.25, 0.3) is 5.91 Å². The highest BCUT2D eigenvalue weighted by atomic mass is 32.1. The van der Waals surface area contributed by atoms with Crippen molar-refractivity contribution in [2.24, 2.45) is 0 Å². The van der Waals surface area contributed by atoms with Gasteiger partial charge in [0.1, 0.15) is 5.60 Å². The Morgan fingerprint density at radius 3 is 2.92 bits per heavy atom. The van der Waals surface area contributed by atoms with Crippen LogP contribution in [0.4, 0.5) is 10.8 Å². The van der Waals surface area contributed by atoms with Crippen LogP contribution in [0.25, 0.3) is 0 Å². The molecule has 2 aromatic heterocycles. The first-order valence-electron chi connectivity index (χ1n) is 8.42. The fourth-order valence-corrected chi connectivity index (χ4v) is 3.65. The van der Waals surface area contributed by atoms with Gasteiger partial charge in [-0.3, -0.25) is 9.78 Å². The molecule has 0 aromatic carbocycles. The lowest BCUT2D eigenvalue weighted by molar-refractivity contribution is -0.152. The molecular weight excluding hydrogens is 336 g/mol. The smallest absolute Gasteiger partial charge is 0.254 e. The third-order valence-corrected chi connectivity index (χ3v) is 5.23. The average molecular weight is 360 g/mol. The maximum absolute atomic E-state index is 12.9. The molecule has 1 aliphatic heterocycles. The molecule has 1 aliphatic rings. The van der Waals surface area contributed by atoms with E-state index in [0.717, 1.165) is 41.6 Å². The Labute approximate surface area is 152 Å². The van der Waals surface area contributed by atoms with Gasteiger partial charge in [-0.25, -0.2) is 4.98 Å². The Balaban J connectivity index is 1.87. The van der Waals surface area contributed by atoms with E-state index in [0.29, 0.717) is 0 Å². The number of aryl methyl sites for hydroxylation is 1. The van der Waals surface area contributed by atoms with Gasteiger partial charge < -0.3 is 15.0 Å². The van der Waals surface area contributed by atoms with Crippen molar-refractivity contribution in [3.63, 3.8) is 0 Å². The summed E-state index contributed by atoms with van der Waals surface area (Å²) in [6.45, 7) is 6.32. The predicted octanol–water partition coefficient (Wildman–Crippen LogP) is 3.68. The van der Waals surface area contributed by atoms with Gasteiger partial charge in [0.2, 0.25) is 0 Å². The second-order valence-corrected chi connectivity index (χ2v) is 7.65. The van der Waals surface area contributed by atoms with Crippen molar-refractivity contribution in [3.05, 3.63) is 35.1 Å². The van der Waals surface area contributed by atoms with Crippen LogP contribution in [0.5, 0.6) is 0 Å². The van der Waals surface area contributed by atoms with E-state index in [1.807, 2.05) is 43.2 Å². The Bertz CT molecular complexity index is 746. The molecule has 6 nitrogen and oxygen atoms in total. The Hall–Kier alpha value is -1.99. The lowest BCUT2D eigenvalue weighted by atomic mass is 10.0. The number of aromatic nitrogens is 2. The molecule has 0 spiro atoms. The standard InChI is InChI=1S/C18H24N4O2S/c1-12-10-13(21-17-19-7-9-25-17)11-14(20-12)15-6-5-8-22(15)16(23)18(2,3)24-4/h7,9-11,15H,5-6,8H2,1-4H3,(H,19,20,21)/t15-/m1/s1. The highest BCUT2D eigenvalue weighted by Crippen LogP contribution is 2.35. The molecule has 1 amide bonds. The first-order valence-corrected chi connectivity index (χ1v) is 9.30. The molecule has 25 heavy (non-hydrogen) atoms. The van der Waals surface area contributed by atoms with E-state index < -0.39 is 5.60 Å². The lowest BCUT2D eigenvalue weighted by Crippen LogP contribution is -2.46. The van der Waals surface area contributed by atoms with E-state index in [2.05, 4.69) is 10.3 Å². The van der Waals surface area contributed by atoms with E-state index >= 15 is 0 Å². The summed E-state index contributed by atoms with van der Waals surface area (Å²) >= 11 is 1.55. The van der Waals surface area contributed by atoms with E-state index in [-0.39, 0.29) is 11.9 Å². The van der Waals surface area contributed by atoms with Crippen LogP contribution in [0.15, 0.2) is 23.7 Å². The number of nitrogens with one attached hydrogen (secondary N) is 1. The predicted molar refractivity (Wildman–Crippen MR) is 99.1 cm³/mol. The summed E-state index contributed by atoms with van der Waals surface area (Å²) in [7, 11) is 1.57. The quantitative estimate of drug-likeness (QED) is 0.881. The molecule has 2 aromatic rings. The first kappa shape index (κ1) is 17.8. The number of ether oxygens (including phenoxy) is 1. The van der Waals surface area contributed by atoms with Gasteiger partial charge in [-0.05, 0) is 45.7 Å². The van der Waals surface area contributed by atoms with Crippen LogP contribution in [0.3, 0.4) is 0 Å². The van der Waals surface area contributed by atoms with Crippen LogP contribution in [0.1, 0.15) is 44.1 Å². The van der Waals surface area contributed by atoms with Crippen LogP contribution >= 0.6 is 11.3 Å². The molecule has 7 heteroatoms. The van der Waals surface area contributed by atoms with Gasteiger partial charge in [-0.2, -0.15) is 0 Å². The number of nitrogens with zero attached hydrogens (tertiary/aromatic N) is 3. The Kier molecular flexibility index (Phi) is 5.06. The third kappa shape index (κ3) is 3.82. The number of carbonyl (C=O) groups excluding carboxylic acids is 1. The summed E-state index contributed by atoms with van der Waals surface area (Å²) < 4.78 is 5.38. The summed E-state index contributed by atoms with van der Waals surface area (Å²) in [5.41, 5.74) is 1.95. The second-order valence-electron chi connectivity index (χ2n) is 6.76. The molecule has 3 heterocycles. The summed E-state index contributed by atoms with van der Waals surface area (Å²) in [5.74, 6) is 0.00948. The van der Waals surface area contributed by atoms with E-state index in [1.54, 1.807) is 24.6 Å². The molecule has 3 rings (SSSR count). The van der Waals surface area contributed by atoms with Crippen molar-refractivity contribution < 1.29 is 9.53 Å². The average Bonchev–Trinajstić information content (AvgIpc) is 3.24. The minimum atomic E-state index is -0.825. The number of pyridine rings is 1. The molecule has 0 unspecified atom stereocenters. The zero-order chi connectivity index (χ0) is 18.0. The zero-order valence-electron chi connectivity index (χ0n) is 15.1. The Morgan fingerprint density at radius 1 is 1.44 bits per heavy atom. The SMILES string of the molecule is COC(C)(C)C(=O)N1CCC[C@@H]1c1cc(Nc2nccs2)cc(C)n1. The maximum atomic E-state index is 12.9. The number of amides is 1. The molecule has 134 valence electrons. The number of anilines is 2. The van der Waals surface area contributed by atoms with E-state index in [9.17, 15) is 4.79 Å². The largest absolute Gasteiger partial charge is 0.369 e. The molecule has 1 fully saturated rings. The van der Waals surface area contributed by atoms with Crippen molar-refractivity contribution in [2.45, 2.75) is 45.3 Å². The van der Waals surface area contributed by atoms with Crippen LogP contribution in [0, 0.1) is 6.92 Å². The molecule has 1 N–H and O–H groups in total. The van der Waals surface area contributed by atoms with E-state index in [1.165, 1.54) is 0 Å².